The molecule has 6 nitrogen and oxygen atoms in total. The summed E-state index contributed by atoms with van der Waals surface area (Å²) in [7, 11) is -4.09. The predicted molar refractivity (Wildman–Crippen MR) is 83.4 cm³/mol. The number of nitriles is 1. The van der Waals surface area contributed by atoms with Crippen molar-refractivity contribution in [2.45, 2.75) is 11.3 Å². The summed E-state index contributed by atoms with van der Waals surface area (Å²) in [6.45, 7) is -0.0893. The summed E-state index contributed by atoms with van der Waals surface area (Å²) in [6, 6.07) is 11.1. The van der Waals surface area contributed by atoms with Crippen LogP contribution in [0.25, 0.3) is 0 Å². The molecule has 0 amide bonds. The lowest BCUT2D eigenvalue weighted by Gasteiger charge is -2.10. The molecule has 2 N–H and O–H groups in total. The molecule has 0 fully saturated rings. The summed E-state index contributed by atoms with van der Waals surface area (Å²) in [6.07, 6.45) is 0.138. The third-order valence-corrected chi connectivity index (χ3v) is 4.81. The number of aromatic carboxylic acids is 1. The first-order valence-corrected chi connectivity index (χ1v) is 8.34. The molecule has 24 heavy (non-hydrogen) atoms. The van der Waals surface area contributed by atoms with Gasteiger partial charge in [0.05, 0.1) is 5.56 Å². The molecule has 0 bridgehead atoms. The minimum atomic E-state index is -4.09. The highest BCUT2D eigenvalue weighted by atomic mass is 32.2. The van der Waals surface area contributed by atoms with Gasteiger partial charge in [0, 0.05) is 6.54 Å². The normalized spacial score (nSPS) is 11.0. The second-order valence-corrected chi connectivity index (χ2v) is 6.57. The summed E-state index contributed by atoms with van der Waals surface area (Å²) in [5.74, 6) is -2.03. The Morgan fingerprint density at radius 3 is 2.58 bits per heavy atom. The first-order valence-electron chi connectivity index (χ1n) is 6.86. The van der Waals surface area contributed by atoms with Crippen LogP contribution in [0.5, 0.6) is 0 Å². The van der Waals surface area contributed by atoms with E-state index < -0.39 is 32.3 Å². The molecule has 8 heteroatoms. The van der Waals surface area contributed by atoms with E-state index >= 15 is 0 Å². The SMILES string of the molecule is N#Cc1c(F)cccc1S(=O)(=O)NCCc1ccccc1C(=O)O. The fourth-order valence-corrected chi connectivity index (χ4v) is 3.38. The molecule has 124 valence electrons. The van der Waals surface area contributed by atoms with E-state index in [-0.39, 0.29) is 18.5 Å². The van der Waals surface area contributed by atoms with E-state index in [0.29, 0.717) is 5.56 Å². The highest BCUT2D eigenvalue weighted by Crippen LogP contribution is 2.18. The number of sulfonamides is 1. The molecule has 0 aliphatic rings. The van der Waals surface area contributed by atoms with Gasteiger partial charge < -0.3 is 5.11 Å². The van der Waals surface area contributed by atoms with Crippen LogP contribution in [-0.2, 0) is 16.4 Å². The monoisotopic (exact) mass is 348 g/mol. The molecule has 0 atom stereocenters. The van der Waals surface area contributed by atoms with E-state index in [0.717, 1.165) is 12.1 Å². The first kappa shape index (κ1) is 17.6. The van der Waals surface area contributed by atoms with Crippen LogP contribution in [0.15, 0.2) is 47.4 Å². The van der Waals surface area contributed by atoms with Crippen molar-refractivity contribution in [2.75, 3.05) is 6.54 Å². The van der Waals surface area contributed by atoms with Crippen LogP contribution in [0, 0.1) is 17.1 Å². The van der Waals surface area contributed by atoms with E-state index in [2.05, 4.69) is 4.72 Å². The first-order chi connectivity index (χ1) is 11.4. The Hall–Kier alpha value is -2.76. The van der Waals surface area contributed by atoms with E-state index in [1.54, 1.807) is 18.2 Å². The summed E-state index contributed by atoms with van der Waals surface area (Å²) < 4.78 is 40.2. The number of hydrogen-bond acceptors (Lipinski definition) is 4. The molecule has 2 aromatic rings. The maximum Gasteiger partial charge on any atom is 0.335 e. The maximum atomic E-state index is 13.5. The maximum absolute atomic E-state index is 13.5. The zero-order chi connectivity index (χ0) is 17.7. The van der Waals surface area contributed by atoms with Gasteiger partial charge in [-0.05, 0) is 30.2 Å². The Labute approximate surface area is 138 Å². The molecule has 0 aliphatic carbocycles. The van der Waals surface area contributed by atoms with E-state index in [1.165, 1.54) is 18.2 Å². The van der Waals surface area contributed by atoms with Crippen LogP contribution in [0.3, 0.4) is 0 Å². The largest absolute Gasteiger partial charge is 0.478 e. The molecule has 0 aromatic heterocycles. The minimum absolute atomic E-state index is 0.0835. The van der Waals surface area contributed by atoms with Crippen molar-refractivity contribution in [1.29, 1.82) is 5.26 Å². The summed E-state index contributed by atoms with van der Waals surface area (Å²) in [4.78, 5) is 10.7. The quantitative estimate of drug-likeness (QED) is 0.829. The highest BCUT2D eigenvalue weighted by Gasteiger charge is 2.21. The van der Waals surface area contributed by atoms with Crippen molar-refractivity contribution >= 4 is 16.0 Å². The van der Waals surface area contributed by atoms with Gasteiger partial charge in [0.15, 0.2) is 0 Å². The number of nitrogens with one attached hydrogen (secondary N) is 1. The van der Waals surface area contributed by atoms with E-state index in [9.17, 15) is 17.6 Å². The third kappa shape index (κ3) is 3.76. The van der Waals surface area contributed by atoms with Crippen LogP contribution < -0.4 is 4.72 Å². The number of carboxylic acids is 1. The van der Waals surface area contributed by atoms with Crippen molar-refractivity contribution in [3.63, 3.8) is 0 Å². The fraction of sp³-hybridized carbons (Fsp3) is 0.125. The number of hydrogen-bond donors (Lipinski definition) is 2. The number of halogens is 1. The number of rotatable bonds is 6. The second-order valence-electron chi connectivity index (χ2n) is 4.83. The number of nitrogens with zero attached hydrogens (tertiary/aromatic N) is 1. The molecule has 0 spiro atoms. The number of carboxylic acid groups (broad SMARTS) is 1. The third-order valence-electron chi connectivity index (χ3n) is 3.31. The zero-order valence-electron chi connectivity index (χ0n) is 12.4. The standard InChI is InChI=1S/C16H13FN2O4S/c17-14-6-3-7-15(13(14)10-18)24(22,23)19-9-8-11-4-1-2-5-12(11)16(20)21/h1-7,19H,8-9H2,(H,20,21). The lowest BCUT2D eigenvalue weighted by Crippen LogP contribution is -2.27. The van der Waals surface area contributed by atoms with Crippen LogP contribution in [0.1, 0.15) is 21.5 Å². The number of carbonyl (C=O) groups is 1. The van der Waals surface area contributed by atoms with Gasteiger partial charge in [-0.3, -0.25) is 0 Å². The summed E-state index contributed by atoms with van der Waals surface area (Å²) in [5.41, 5.74) is -0.0106. The molecule has 0 saturated carbocycles. The summed E-state index contributed by atoms with van der Waals surface area (Å²) in [5, 5.41) is 18.0. The van der Waals surface area contributed by atoms with Gasteiger partial charge in [-0.2, -0.15) is 5.26 Å². The second kappa shape index (κ2) is 7.21. The zero-order valence-corrected chi connectivity index (χ0v) is 13.2. The van der Waals surface area contributed by atoms with Gasteiger partial charge in [0.1, 0.15) is 22.3 Å². The van der Waals surface area contributed by atoms with Crippen molar-refractivity contribution < 1.29 is 22.7 Å². The molecule has 0 heterocycles. The average Bonchev–Trinajstić information content (AvgIpc) is 2.54. The highest BCUT2D eigenvalue weighted by molar-refractivity contribution is 7.89. The molecule has 2 aromatic carbocycles. The lowest BCUT2D eigenvalue weighted by molar-refractivity contribution is 0.0695. The van der Waals surface area contributed by atoms with E-state index in [1.807, 2.05) is 0 Å². The van der Waals surface area contributed by atoms with Gasteiger partial charge in [-0.25, -0.2) is 22.3 Å². The molecule has 0 radical (unpaired) electrons. The van der Waals surface area contributed by atoms with Crippen LogP contribution in [0.4, 0.5) is 4.39 Å². The summed E-state index contributed by atoms with van der Waals surface area (Å²) >= 11 is 0. The average molecular weight is 348 g/mol. The smallest absolute Gasteiger partial charge is 0.335 e. The topological polar surface area (TPSA) is 107 Å². The Bertz CT molecular complexity index is 920. The molecule has 2 rings (SSSR count). The minimum Gasteiger partial charge on any atom is -0.478 e. The van der Waals surface area contributed by atoms with Crippen LogP contribution in [-0.4, -0.2) is 26.0 Å². The Morgan fingerprint density at radius 2 is 1.92 bits per heavy atom. The molecule has 0 saturated heterocycles. The Morgan fingerprint density at radius 1 is 1.21 bits per heavy atom. The molecule has 0 aliphatic heterocycles. The van der Waals surface area contributed by atoms with Crippen molar-refractivity contribution in [1.82, 2.24) is 4.72 Å². The van der Waals surface area contributed by atoms with Crippen LogP contribution in [0.2, 0.25) is 0 Å². The molecular formula is C16H13FN2O4S. The van der Waals surface area contributed by atoms with Gasteiger partial charge in [-0.15, -0.1) is 0 Å². The van der Waals surface area contributed by atoms with Crippen molar-refractivity contribution in [3.8, 4) is 6.07 Å². The van der Waals surface area contributed by atoms with Gasteiger partial charge in [0.2, 0.25) is 10.0 Å². The van der Waals surface area contributed by atoms with Crippen molar-refractivity contribution in [3.05, 3.63) is 65.0 Å². The van der Waals surface area contributed by atoms with Crippen molar-refractivity contribution in [2.24, 2.45) is 0 Å². The van der Waals surface area contributed by atoms with Gasteiger partial charge in [-0.1, -0.05) is 24.3 Å². The molecule has 0 unspecified atom stereocenters. The molecular weight excluding hydrogens is 335 g/mol. The predicted octanol–water partition coefficient (Wildman–Crippen LogP) is 1.92. The van der Waals surface area contributed by atoms with Gasteiger partial charge >= 0.3 is 5.97 Å². The van der Waals surface area contributed by atoms with Crippen LogP contribution >= 0.6 is 0 Å². The fourth-order valence-electron chi connectivity index (χ4n) is 2.18. The number of benzene rings is 2. The Kier molecular flexibility index (Phi) is 5.28. The van der Waals surface area contributed by atoms with Gasteiger partial charge in [0.25, 0.3) is 0 Å². The van der Waals surface area contributed by atoms with E-state index in [4.69, 9.17) is 10.4 Å². The lowest BCUT2D eigenvalue weighted by atomic mass is 10.1. The Balaban J connectivity index is 2.17.